The summed E-state index contributed by atoms with van der Waals surface area (Å²) < 4.78 is 32.8. The van der Waals surface area contributed by atoms with Crippen LogP contribution in [0.15, 0.2) is 155 Å². The molecule has 1 aliphatic carbocycles. The van der Waals surface area contributed by atoms with Gasteiger partial charge >= 0.3 is 0 Å². The van der Waals surface area contributed by atoms with Gasteiger partial charge in [0.05, 0.1) is 17.7 Å². The molecule has 1 aromatic heterocycles. The molecule has 3 aromatic carbocycles. The number of anilines is 4. The average Bonchev–Trinajstić information content (AvgIpc) is 3.14. The zero-order valence-electron chi connectivity index (χ0n) is 32.1. The number of sulfonamides is 1. The molecule has 4 aromatic rings. The van der Waals surface area contributed by atoms with Gasteiger partial charge in [0.2, 0.25) is 5.91 Å². The fourth-order valence-corrected chi connectivity index (χ4v) is 6.90. The number of amides is 1. The van der Waals surface area contributed by atoms with Gasteiger partial charge in [-0.1, -0.05) is 55.4 Å². The maximum Gasteiger partial charge on any atom is 0.262 e. The van der Waals surface area contributed by atoms with Crippen LogP contribution in [-0.2, 0) is 14.8 Å². The van der Waals surface area contributed by atoms with Crippen LogP contribution < -0.4 is 20.1 Å². The van der Waals surface area contributed by atoms with Crippen LogP contribution in [0.5, 0.6) is 17.2 Å². The second-order valence-electron chi connectivity index (χ2n) is 13.8. The quantitative estimate of drug-likeness (QED) is 0.0544. The lowest BCUT2D eigenvalue weighted by molar-refractivity contribution is -0.111. The highest BCUT2D eigenvalue weighted by Crippen LogP contribution is 2.40. The van der Waals surface area contributed by atoms with E-state index in [2.05, 4.69) is 66.3 Å². The zero-order valence-corrected chi connectivity index (χ0v) is 32.9. The number of nitrogens with one attached hydrogen (secondary N) is 3. The smallest absolute Gasteiger partial charge is 0.262 e. The molecular formula is C44H50N4O6S. The van der Waals surface area contributed by atoms with Crippen molar-refractivity contribution in [2.45, 2.75) is 58.8 Å². The first-order valence-corrected chi connectivity index (χ1v) is 19.3. The molecule has 0 fully saturated rings. The minimum atomic E-state index is -3.79. The Kier molecular flexibility index (Phi) is 14.6. The Morgan fingerprint density at radius 3 is 2.13 bits per heavy atom. The standard InChI is InChI=1S/C26H33NO2.C18H17N3O4S/c1-19(11-16-24-21(3)10-7-17-26(24,4)5)8-6-9-20(2)18-25(29)27-22-12-14-23(28)15-13-22;1-25-15-8-10-16(11-9-15)26(23,24)21-17-3-2-12-19-18(17)20-13-4-6-14(22)7-5-13/h6,8-9,11-16,18,28H,7,10,17H2,1-5H3,(H,27,29);2-12,21-22H,1H3,(H,19,20)/b9-6+,16-11+,19-8+,20-18+;. The first kappa shape index (κ1) is 41.7. The van der Waals surface area contributed by atoms with E-state index in [-0.39, 0.29) is 27.7 Å². The van der Waals surface area contributed by atoms with Gasteiger partial charge in [0.1, 0.15) is 17.2 Å². The number of allylic oxidation sites excluding steroid dienone is 9. The van der Waals surface area contributed by atoms with Gasteiger partial charge in [-0.3, -0.25) is 9.52 Å². The number of benzene rings is 3. The molecule has 0 saturated carbocycles. The molecular weight excluding hydrogens is 713 g/mol. The van der Waals surface area contributed by atoms with Crippen molar-refractivity contribution in [3.63, 3.8) is 0 Å². The third-order valence-electron chi connectivity index (χ3n) is 8.82. The Balaban J connectivity index is 0.000000246. The molecule has 0 radical (unpaired) electrons. The van der Waals surface area contributed by atoms with E-state index in [4.69, 9.17) is 4.74 Å². The summed E-state index contributed by atoms with van der Waals surface area (Å²) in [6, 6.07) is 22.1. The summed E-state index contributed by atoms with van der Waals surface area (Å²) in [5.41, 5.74) is 6.85. The molecule has 0 spiro atoms. The lowest BCUT2D eigenvalue weighted by Crippen LogP contribution is -2.19. The lowest BCUT2D eigenvalue weighted by atomic mass is 9.72. The third-order valence-corrected chi connectivity index (χ3v) is 10.2. The van der Waals surface area contributed by atoms with E-state index in [9.17, 15) is 23.4 Å². The van der Waals surface area contributed by atoms with Crippen LogP contribution in [0.2, 0.25) is 0 Å². The maximum absolute atomic E-state index is 12.6. The minimum Gasteiger partial charge on any atom is -0.508 e. The largest absolute Gasteiger partial charge is 0.508 e. The van der Waals surface area contributed by atoms with Gasteiger partial charge in [0.15, 0.2) is 5.82 Å². The first-order valence-electron chi connectivity index (χ1n) is 17.8. The van der Waals surface area contributed by atoms with Crippen LogP contribution in [-0.4, -0.2) is 36.6 Å². The number of phenolic OH excluding ortho intramolecular Hbond substituents is 2. The third kappa shape index (κ3) is 13.1. The van der Waals surface area contributed by atoms with E-state index >= 15 is 0 Å². The molecule has 0 atom stereocenters. The molecule has 0 aliphatic heterocycles. The van der Waals surface area contributed by atoms with Gasteiger partial charge in [-0.2, -0.15) is 0 Å². The van der Waals surface area contributed by atoms with E-state index in [1.165, 1.54) is 67.4 Å². The minimum absolute atomic E-state index is 0.109. The van der Waals surface area contributed by atoms with Crippen LogP contribution in [0.25, 0.3) is 0 Å². The van der Waals surface area contributed by atoms with E-state index in [1.807, 2.05) is 19.1 Å². The normalized spacial score (nSPS) is 14.7. The van der Waals surface area contributed by atoms with Gasteiger partial charge in [-0.25, -0.2) is 13.4 Å². The van der Waals surface area contributed by atoms with Crippen molar-refractivity contribution >= 4 is 38.8 Å². The predicted molar refractivity (Wildman–Crippen MR) is 222 cm³/mol. The molecule has 11 heteroatoms. The summed E-state index contributed by atoms with van der Waals surface area (Å²) in [5, 5.41) is 24.4. The summed E-state index contributed by atoms with van der Waals surface area (Å²) in [7, 11) is -2.27. The Labute approximate surface area is 324 Å². The van der Waals surface area contributed by atoms with Gasteiger partial charge in [-0.15, -0.1) is 0 Å². The second-order valence-corrected chi connectivity index (χ2v) is 15.5. The number of pyridine rings is 1. The Morgan fingerprint density at radius 1 is 0.873 bits per heavy atom. The summed E-state index contributed by atoms with van der Waals surface area (Å²) >= 11 is 0. The van der Waals surface area contributed by atoms with E-state index in [1.54, 1.807) is 72.9 Å². The van der Waals surface area contributed by atoms with Crippen molar-refractivity contribution in [2.24, 2.45) is 5.41 Å². The number of methoxy groups -OCH3 is 1. The molecule has 1 heterocycles. The summed E-state index contributed by atoms with van der Waals surface area (Å²) in [5.74, 6) is 1.03. The van der Waals surface area contributed by atoms with Crippen molar-refractivity contribution in [3.05, 3.63) is 150 Å². The van der Waals surface area contributed by atoms with Crippen LogP contribution in [0.1, 0.15) is 53.9 Å². The highest BCUT2D eigenvalue weighted by molar-refractivity contribution is 7.92. The SMILES string of the molecule is CC1=C(/C=C/C(C)=C/C=C/C(C)=C/C(=O)Nc2ccc(O)cc2)C(C)(C)CCC1.COc1ccc(S(=O)(=O)Nc2cccnc2Nc2ccc(O)cc2)cc1. The van der Waals surface area contributed by atoms with E-state index in [0.29, 0.717) is 28.6 Å². The fraction of sp³-hybridized carbons (Fsp3) is 0.227. The number of ether oxygens (including phenoxy) is 1. The van der Waals surface area contributed by atoms with Crippen molar-refractivity contribution in [1.29, 1.82) is 0 Å². The monoisotopic (exact) mass is 762 g/mol. The summed E-state index contributed by atoms with van der Waals surface area (Å²) in [6.07, 6.45) is 17.2. The Hall–Kier alpha value is -6.07. The number of hydrogen-bond acceptors (Lipinski definition) is 8. The highest BCUT2D eigenvalue weighted by Gasteiger charge is 2.26. The molecule has 0 bridgehead atoms. The van der Waals surface area contributed by atoms with Gasteiger partial charge < -0.3 is 25.6 Å². The van der Waals surface area contributed by atoms with Crippen LogP contribution >= 0.6 is 0 Å². The van der Waals surface area contributed by atoms with Crippen molar-refractivity contribution in [2.75, 3.05) is 22.5 Å². The summed E-state index contributed by atoms with van der Waals surface area (Å²) in [4.78, 5) is 16.3. The van der Waals surface area contributed by atoms with Crippen LogP contribution in [0.4, 0.5) is 22.9 Å². The Morgan fingerprint density at radius 2 is 1.51 bits per heavy atom. The van der Waals surface area contributed by atoms with Gasteiger partial charge in [-0.05, 0) is 142 Å². The topological polar surface area (TPSA) is 150 Å². The molecule has 0 unspecified atom stereocenters. The number of phenols is 2. The molecule has 1 aliphatic rings. The molecule has 0 saturated heterocycles. The number of carbonyl (C=O) groups excluding carboxylic acids is 1. The Bertz CT molecular complexity index is 2180. The molecule has 1 amide bonds. The number of nitrogens with zero attached hydrogens (tertiary/aromatic N) is 1. The molecule has 288 valence electrons. The van der Waals surface area contributed by atoms with Gasteiger partial charge in [0, 0.05) is 23.6 Å². The molecule has 10 nitrogen and oxygen atoms in total. The van der Waals surface area contributed by atoms with Crippen molar-refractivity contribution < 1.29 is 28.2 Å². The average molecular weight is 763 g/mol. The number of rotatable bonds is 12. The molecule has 55 heavy (non-hydrogen) atoms. The number of hydrogen-bond donors (Lipinski definition) is 5. The first-order chi connectivity index (χ1) is 26.1. The van der Waals surface area contributed by atoms with E-state index < -0.39 is 10.0 Å². The zero-order chi connectivity index (χ0) is 40.0. The maximum atomic E-state index is 12.6. The van der Waals surface area contributed by atoms with Crippen LogP contribution in [0, 0.1) is 5.41 Å². The second kappa shape index (κ2) is 19.3. The van der Waals surface area contributed by atoms with Crippen molar-refractivity contribution in [3.8, 4) is 17.2 Å². The number of carbonyl (C=O) groups is 1. The highest BCUT2D eigenvalue weighted by atomic mass is 32.2. The van der Waals surface area contributed by atoms with Crippen molar-refractivity contribution in [1.82, 2.24) is 4.98 Å². The predicted octanol–water partition coefficient (Wildman–Crippen LogP) is 10.2. The molecule has 5 N–H and O–H groups in total. The molecule has 5 rings (SSSR count). The van der Waals surface area contributed by atoms with Gasteiger partial charge in [0.25, 0.3) is 10.0 Å². The number of aromatic hydroxyl groups is 2. The summed E-state index contributed by atoms with van der Waals surface area (Å²) in [6.45, 7) is 10.9. The van der Waals surface area contributed by atoms with Crippen LogP contribution in [0.3, 0.4) is 0 Å². The lowest BCUT2D eigenvalue weighted by Gasteiger charge is -2.32. The number of aromatic nitrogens is 1. The fourth-order valence-electron chi connectivity index (χ4n) is 5.84. The van der Waals surface area contributed by atoms with E-state index in [0.717, 1.165) is 5.57 Å².